The number of carbonyl (C=O) groups is 3. The minimum absolute atomic E-state index is 0.00889. The molecule has 0 saturated carbocycles. The standard InChI is InChI=1S/C31H24F3NO5/c1-39-28(36)18-21-11-16-27(26(17-21)30(38)40-19-20-7-3-2-4-8-20)35-29(37)25-10-6-5-9-24(25)22-12-14-23(15-13-22)31(32,33)34/h2-17H,18-19H2,1H3,(H,35,37). The molecular formula is C31H24F3NO5. The van der Waals surface area contributed by atoms with E-state index in [9.17, 15) is 27.6 Å². The SMILES string of the molecule is COC(=O)Cc1ccc(NC(=O)c2ccccc2-c2ccc(C(F)(F)F)cc2)c(C(=O)OCc2ccccc2)c1. The Morgan fingerprint density at radius 1 is 0.775 bits per heavy atom. The summed E-state index contributed by atoms with van der Waals surface area (Å²) in [6.45, 7) is -0.00889. The van der Waals surface area contributed by atoms with Crippen molar-refractivity contribution in [3.63, 3.8) is 0 Å². The highest BCUT2D eigenvalue weighted by molar-refractivity contribution is 6.11. The number of nitrogens with one attached hydrogen (secondary N) is 1. The zero-order valence-electron chi connectivity index (χ0n) is 21.3. The van der Waals surface area contributed by atoms with Crippen molar-refractivity contribution in [3.05, 3.63) is 125 Å². The summed E-state index contributed by atoms with van der Waals surface area (Å²) < 4.78 is 49.2. The molecule has 0 aliphatic carbocycles. The smallest absolute Gasteiger partial charge is 0.416 e. The fourth-order valence-corrected chi connectivity index (χ4v) is 3.98. The van der Waals surface area contributed by atoms with Crippen LogP contribution in [0.3, 0.4) is 0 Å². The molecule has 0 heterocycles. The molecule has 0 radical (unpaired) electrons. The van der Waals surface area contributed by atoms with E-state index in [4.69, 9.17) is 9.47 Å². The van der Waals surface area contributed by atoms with Crippen LogP contribution in [0.2, 0.25) is 0 Å². The first-order valence-corrected chi connectivity index (χ1v) is 12.1. The minimum Gasteiger partial charge on any atom is -0.469 e. The maximum Gasteiger partial charge on any atom is 0.416 e. The van der Waals surface area contributed by atoms with Gasteiger partial charge in [0.1, 0.15) is 6.61 Å². The highest BCUT2D eigenvalue weighted by Gasteiger charge is 2.30. The molecule has 0 aliphatic rings. The predicted octanol–water partition coefficient (Wildman–Crippen LogP) is 6.70. The van der Waals surface area contributed by atoms with Crippen molar-refractivity contribution in [2.75, 3.05) is 12.4 Å². The third-order valence-corrected chi connectivity index (χ3v) is 6.04. The van der Waals surface area contributed by atoms with Crippen LogP contribution in [-0.4, -0.2) is 25.0 Å². The summed E-state index contributed by atoms with van der Waals surface area (Å²) in [5.74, 6) is -1.82. The Hall–Kier alpha value is -4.92. The van der Waals surface area contributed by atoms with Crippen LogP contribution in [0.5, 0.6) is 0 Å². The van der Waals surface area contributed by atoms with Gasteiger partial charge in [-0.25, -0.2) is 4.79 Å². The predicted molar refractivity (Wildman–Crippen MR) is 143 cm³/mol. The molecule has 0 atom stereocenters. The first kappa shape index (κ1) is 28.1. The molecule has 0 bridgehead atoms. The third-order valence-electron chi connectivity index (χ3n) is 6.04. The molecule has 0 aromatic heterocycles. The molecule has 4 aromatic rings. The van der Waals surface area contributed by atoms with Gasteiger partial charge in [-0.05, 0) is 52.6 Å². The summed E-state index contributed by atoms with van der Waals surface area (Å²) >= 11 is 0. The zero-order valence-corrected chi connectivity index (χ0v) is 21.3. The van der Waals surface area contributed by atoms with Crippen LogP contribution < -0.4 is 5.32 Å². The maximum atomic E-state index is 13.4. The lowest BCUT2D eigenvalue weighted by molar-refractivity contribution is -0.140. The van der Waals surface area contributed by atoms with Crippen LogP contribution in [0.1, 0.15) is 37.4 Å². The van der Waals surface area contributed by atoms with Crippen molar-refractivity contribution in [1.82, 2.24) is 0 Å². The lowest BCUT2D eigenvalue weighted by Crippen LogP contribution is -2.17. The molecule has 0 spiro atoms. The van der Waals surface area contributed by atoms with Gasteiger partial charge in [-0.2, -0.15) is 13.2 Å². The second-order valence-corrected chi connectivity index (χ2v) is 8.77. The summed E-state index contributed by atoms with van der Waals surface area (Å²) in [5.41, 5.74) is 1.60. The Morgan fingerprint density at radius 3 is 2.12 bits per heavy atom. The third kappa shape index (κ3) is 6.93. The number of halogens is 3. The number of carbonyl (C=O) groups excluding carboxylic acids is 3. The molecule has 204 valence electrons. The molecular weight excluding hydrogens is 523 g/mol. The monoisotopic (exact) mass is 547 g/mol. The number of amides is 1. The number of anilines is 1. The quantitative estimate of drug-likeness (QED) is 0.249. The summed E-state index contributed by atoms with van der Waals surface area (Å²) in [7, 11) is 1.25. The van der Waals surface area contributed by atoms with Crippen molar-refractivity contribution in [3.8, 4) is 11.1 Å². The van der Waals surface area contributed by atoms with Crippen LogP contribution >= 0.6 is 0 Å². The first-order chi connectivity index (χ1) is 19.2. The Balaban J connectivity index is 1.62. The lowest BCUT2D eigenvalue weighted by Gasteiger charge is -2.15. The molecule has 4 aromatic carbocycles. The number of methoxy groups -OCH3 is 1. The normalized spacial score (nSPS) is 11.0. The fraction of sp³-hybridized carbons (Fsp3) is 0.129. The van der Waals surface area contributed by atoms with Crippen molar-refractivity contribution in [2.24, 2.45) is 0 Å². The summed E-state index contributed by atoms with van der Waals surface area (Å²) in [4.78, 5) is 38.3. The van der Waals surface area contributed by atoms with E-state index in [1.807, 2.05) is 6.07 Å². The number of hydrogen-bond donors (Lipinski definition) is 1. The Kier molecular flexibility index (Phi) is 8.63. The second-order valence-electron chi connectivity index (χ2n) is 8.77. The summed E-state index contributed by atoms with van der Waals surface area (Å²) in [5, 5.41) is 2.71. The average molecular weight is 548 g/mol. The van der Waals surface area contributed by atoms with Crippen LogP contribution in [-0.2, 0) is 33.5 Å². The van der Waals surface area contributed by atoms with E-state index in [-0.39, 0.29) is 29.8 Å². The first-order valence-electron chi connectivity index (χ1n) is 12.1. The molecule has 6 nitrogen and oxygen atoms in total. The Labute approximate surface area is 228 Å². The molecule has 0 saturated heterocycles. The maximum absolute atomic E-state index is 13.4. The van der Waals surface area contributed by atoms with E-state index >= 15 is 0 Å². The fourth-order valence-electron chi connectivity index (χ4n) is 3.98. The largest absolute Gasteiger partial charge is 0.469 e. The zero-order chi connectivity index (χ0) is 28.7. The summed E-state index contributed by atoms with van der Waals surface area (Å²) in [6, 6.07) is 24.4. The summed E-state index contributed by atoms with van der Waals surface area (Å²) in [6.07, 6.45) is -4.58. The van der Waals surface area contributed by atoms with Gasteiger partial charge in [0.05, 0.1) is 30.3 Å². The number of hydrogen-bond acceptors (Lipinski definition) is 5. The van der Waals surface area contributed by atoms with Crippen LogP contribution in [0.4, 0.5) is 18.9 Å². The molecule has 0 fully saturated rings. The highest BCUT2D eigenvalue weighted by atomic mass is 19.4. The Morgan fingerprint density at radius 2 is 1.45 bits per heavy atom. The van der Waals surface area contributed by atoms with Crippen LogP contribution in [0.15, 0.2) is 97.1 Å². The van der Waals surface area contributed by atoms with Gasteiger partial charge in [0, 0.05) is 5.56 Å². The van der Waals surface area contributed by atoms with E-state index < -0.39 is 29.6 Å². The van der Waals surface area contributed by atoms with Crippen molar-refractivity contribution in [1.29, 1.82) is 0 Å². The number of benzene rings is 4. The van der Waals surface area contributed by atoms with Gasteiger partial charge in [-0.1, -0.05) is 66.7 Å². The Bertz CT molecular complexity index is 1520. The second kappa shape index (κ2) is 12.3. The van der Waals surface area contributed by atoms with E-state index in [1.165, 1.54) is 37.4 Å². The van der Waals surface area contributed by atoms with Gasteiger partial charge in [-0.15, -0.1) is 0 Å². The molecule has 1 amide bonds. The number of ether oxygens (including phenoxy) is 2. The van der Waals surface area contributed by atoms with Gasteiger partial charge in [0.15, 0.2) is 0 Å². The van der Waals surface area contributed by atoms with Gasteiger partial charge in [-0.3, -0.25) is 9.59 Å². The van der Waals surface area contributed by atoms with Gasteiger partial charge in [0.25, 0.3) is 5.91 Å². The highest BCUT2D eigenvalue weighted by Crippen LogP contribution is 2.32. The van der Waals surface area contributed by atoms with Crippen LogP contribution in [0, 0.1) is 0 Å². The number of esters is 2. The van der Waals surface area contributed by atoms with Gasteiger partial charge >= 0.3 is 18.1 Å². The van der Waals surface area contributed by atoms with E-state index in [0.717, 1.165) is 17.7 Å². The van der Waals surface area contributed by atoms with Crippen LogP contribution in [0.25, 0.3) is 11.1 Å². The van der Waals surface area contributed by atoms with Gasteiger partial charge in [0.2, 0.25) is 0 Å². The topological polar surface area (TPSA) is 81.7 Å². The molecule has 4 rings (SSSR count). The van der Waals surface area contributed by atoms with E-state index in [0.29, 0.717) is 16.7 Å². The van der Waals surface area contributed by atoms with Crippen molar-refractivity contribution < 1.29 is 37.0 Å². The van der Waals surface area contributed by atoms with Crippen molar-refractivity contribution in [2.45, 2.75) is 19.2 Å². The minimum atomic E-state index is -4.49. The number of alkyl halides is 3. The van der Waals surface area contributed by atoms with E-state index in [2.05, 4.69) is 5.32 Å². The average Bonchev–Trinajstić information content (AvgIpc) is 2.96. The van der Waals surface area contributed by atoms with Gasteiger partial charge < -0.3 is 14.8 Å². The molecule has 0 unspecified atom stereocenters. The molecule has 1 N–H and O–H groups in total. The number of rotatable bonds is 8. The van der Waals surface area contributed by atoms with Crippen molar-refractivity contribution >= 4 is 23.5 Å². The molecule has 0 aliphatic heterocycles. The molecule has 9 heteroatoms. The van der Waals surface area contributed by atoms with E-state index in [1.54, 1.807) is 48.5 Å². The molecule has 40 heavy (non-hydrogen) atoms. The lowest BCUT2D eigenvalue weighted by atomic mass is 9.97.